The molecule has 1 heterocycles. The number of nitrogens with one attached hydrogen (secondary N) is 2. The summed E-state index contributed by atoms with van der Waals surface area (Å²) in [6, 6.07) is 3.40. The zero-order chi connectivity index (χ0) is 11.2. The first-order valence-electron chi connectivity index (χ1n) is 5.70. The first-order chi connectivity index (χ1) is 7.69. The number of rotatable bonds is 0. The average Bonchev–Trinajstić information content (AvgIpc) is 2.38. The lowest BCUT2D eigenvalue weighted by molar-refractivity contribution is 0.268. The Morgan fingerprint density at radius 1 is 1.19 bits per heavy atom. The van der Waals surface area contributed by atoms with Crippen LogP contribution in [0.1, 0.15) is 25.7 Å². The minimum Gasteiger partial charge on any atom is -0.383 e. The molecule has 2 N–H and O–H groups in total. The second kappa shape index (κ2) is 3.62. The third-order valence-electron chi connectivity index (χ3n) is 3.69. The van der Waals surface area contributed by atoms with E-state index >= 15 is 0 Å². The second-order valence-electron chi connectivity index (χ2n) is 4.75. The fraction of sp³-hybridized carbons (Fsp3) is 0.500. The van der Waals surface area contributed by atoms with Crippen molar-refractivity contribution < 1.29 is 4.39 Å². The van der Waals surface area contributed by atoms with Gasteiger partial charge in [-0.1, -0.05) is 0 Å². The molecule has 1 aliphatic carbocycles. The molecular formula is C12H14BrFN2. The van der Waals surface area contributed by atoms with Gasteiger partial charge in [-0.3, -0.25) is 0 Å². The number of anilines is 2. The molecule has 0 bridgehead atoms. The fourth-order valence-corrected chi connectivity index (χ4v) is 2.90. The lowest BCUT2D eigenvalue weighted by Gasteiger charge is -2.42. The number of fused-ring (bicyclic) bond motifs is 1. The van der Waals surface area contributed by atoms with Gasteiger partial charge in [-0.25, -0.2) is 4.39 Å². The Bertz CT molecular complexity index is 429. The Balaban J connectivity index is 1.99. The molecule has 0 saturated heterocycles. The third kappa shape index (κ3) is 1.59. The smallest absolute Gasteiger partial charge is 0.139 e. The zero-order valence-corrected chi connectivity index (χ0v) is 10.5. The summed E-state index contributed by atoms with van der Waals surface area (Å²) in [6.07, 6.45) is 4.86. The van der Waals surface area contributed by atoms with Crippen molar-refractivity contribution in [1.82, 2.24) is 0 Å². The van der Waals surface area contributed by atoms with E-state index in [0.717, 1.165) is 24.3 Å². The summed E-state index contributed by atoms with van der Waals surface area (Å²) < 4.78 is 13.9. The van der Waals surface area contributed by atoms with E-state index in [2.05, 4.69) is 26.6 Å². The number of halogens is 2. The second-order valence-corrected chi connectivity index (χ2v) is 5.60. The topological polar surface area (TPSA) is 24.1 Å². The number of hydrogen-bond donors (Lipinski definition) is 2. The van der Waals surface area contributed by atoms with Crippen molar-refractivity contribution >= 4 is 27.3 Å². The molecule has 1 aromatic carbocycles. The Kier molecular flexibility index (Phi) is 2.35. The van der Waals surface area contributed by atoms with Crippen molar-refractivity contribution in [2.45, 2.75) is 31.2 Å². The molecule has 0 radical (unpaired) electrons. The van der Waals surface area contributed by atoms with Crippen molar-refractivity contribution in [1.29, 1.82) is 0 Å². The van der Waals surface area contributed by atoms with Crippen LogP contribution < -0.4 is 10.6 Å². The van der Waals surface area contributed by atoms with E-state index < -0.39 is 0 Å². The Hall–Kier alpha value is -0.770. The van der Waals surface area contributed by atoms with Gasteiger partial charge < -0.3 is 10.6 Å². The molecule has 86 valence electrons. The Morgan fingerprint density at radius 2 is 2.00 bits per heavy atom. The SMILES string of the molecule is Fc1cc2c(cc1Br)NC1(CCC1)CCN2. The van der Waals surface area contributed by atoms with E-state index in [1.165, 1.54) is 19.3 Å². The highest BCUT2D eigenvalue weighted by Gasteiger charge is 2.38. The van der Waals surface area contributed by atoms with Gasteiger partial charge >= 0.3 is 0 Å². The van der Waals surface area contributed by atoms with Crippen LogP contribution in [0.2, 0.25) is 0 Å². The van der Waals surface area contributed by atoms with Crippen molar-refractivity contribution in [3.63, 3.8) is 0 Å². The lowest BCUT2D eigenvalue weighted by Crippen LogP contribution is -2.45. The largest absolute Gasteiger partial charge is 0.383 e. The quantitative estimate of drug-likeness (QED) is 0.758. The molecule has 0 aromatic heterocycles. The van der Waals surface area contributed by atoms with Crippen LogP contribution in [0.4, 0.5) is 15.8 Å². The van der Waals surface area contributed by atoms with Gasteiger partial charge in [0.05, 0.1) is 15.8 Å². The van der Waals surface area contributed by atoms with Crippen LogP contribution in [0.25, 0.3) is 0 Å². The summed E-state index contributed by atoms with van der Waals surface area (Å²) in [7, 11) is 0. The van der Waals surface area contributed by atoms with Crippen LogP contribution in [-0.4, -0.2) is 12.1 Å². The Labute approximate surface area is 103 Å². The highest BCUT2D eigenvalue weighted by Crippen LogP contribution is 2.42. The summed E-state index contributed by atoms with van der Waals surface area (Å²) in [5.41, 5.74) is 2.16. The number of benzene rings is 1. The maximum Gasteiger partial charge on any atom is 0.139 e. The molecule has 1 aromatic rings. The molecule has 2 nitrogen and oxygen atoms in total. The van der Waals surface area contributed by atoms with Gasteiger partial charge in [0.2, 0.25) is 0 Å². The summed E-state index contributed by atoms with van der Waals surface area (Å²) >= 11 is 3.23. The molecule has 2 aliphatic rings. The summed E-state index contributed by atoms with van der Waals surface area (Å²) in [5.74, 6) is -0.211. The standard InChI is InChI=1S/C12H14BrFN2/c13-8-6-11-10(7-9(8)14)15-5-4-12(16-11)2-1-3-12/h6-7,15-16H,1-5H2. The molecule has 16 heavy (non-hydrogen) atoms. The van der Waals surface area contributed by atoms with Crippen LogP contribution in [0.15, 0.2) is 16.6 Å². The van der Waals surface area contributed by atoms with E-state index in [0.29, 0.717) is 4.47 Å². The van der Waals surface area contributed by atoms with Gasteiger partial charge in [0.25, 0.3) is 0 Å². The van der Waals surface area contributed by atoms with E-state index in [1.54, 1.807) is 6.07 Å². The first-order valence-corrected chi connectivity index (χ1v) is 6.49. The lowest BCUT2D eigenvalue weighted by atomic mass is 9.74. The zero-order valence-electron chi connectivity index (χ0n) is 8.95. The van der Waals surface area contributed by atoms with E-state index in [9.17, 15) is 4.39 Å². The predicted octanol–water partition coefficient (Wildman–Crippen LogP) is 3.74. The normalized spacial score (nSPS) is 21.4. The average molecular weight is 285 g/mol. The van der Waals surface area contributed by atoms with Crippen LogP contribution in [0.3, 0.4) is 0 Å². The van der Waals surface area contributed by atoms with Crippen molar-refractivity contribution in [2.24, 2.45) is 0 Å². The van der Waals surface area contributed by atoms with Gasteiger partial charge in [-0.2, -0.15) is 0 Å². The van der Waals surface area contributed by atoms with Crippen molar-refractivity contribution in [2.75, 3.05) is 17.2 Å². The fourth-order valence-electron chi connectivity index (χ4n) is 2.56. The van der Waals surface area contributed by atoms with Crippen LogP contribution >= 0.6 is 15.9 Å². The third-order valence-corrected chi connectivity index (χ3v) is 4.30. The van der Waals surface area contributed by atoms with Gasteiger partial charge in [-0.15, -0.1) is 0 Å². The number of hydrogen-bond acceptors (Lipinski definition) is 2. The van der Waals surface area contributed by atoms with Gasteiger partial charge in [-0.05, 0) is 47.7 Å². The van der Waals surface area contributed by atoms with E-state index in [4.69, 9.17) is 0 Å². The molecule has 0 unspecified atom stereocenters. The van der Waals surface area contributed by atoms with Gasteiger partial charge in [0, 0.05) is 18.2 Å². The summed E-state index contributed by atoms with van der Waals surface area (Å²) in [6.45, 7) is 0.918. The highest BCUT2D eigenvalue weighted by molar-refractivity contribution is 9.10. The molecular weight excluding hydrogens is 271 g/mol. The minimum absolute atomic E-state index is 0.211. The highest BCUT2D eigenvalue weighted by atomic mass is 79.9. The van der Waals surface area contributed by atoms with Crippen LogP contribution in [0, 0.1) is 5.82 Å². The molecule has 1 fully saturated rings. The maximum absolute atomic E-state index is 13.4. The summed E-state index contributed by atoms with van der Waals surface area (Å²) in [4.78, 5) is 0. The van der Waals surface area contributed by atoms with Crippen molar-refractivity contribution in [3.05, 3.63) is 22.4 Å². The van der Waals surface area contributed by atoms with E-state index in [-0.39, 0.29) is 11.4 Å². The molecule has 1 spiro atoms. The van der Waals surface area contributed by atoms with Crippen LogP contribution in [-0.2, 0) is 0 Å². The molecule has 0 amide bonds. The molecule has 1 saturated carbocycles. The monoisotopic (exact) mass is 284 g/mol. The molecule has 4 heteroatoms. The van der Waals surface area contributed by atoms with E-state index in [1.807, 2.05) is 6.07 Å². The molecule has 0 atom stereocenters. The first kappa shape index (κ1) is 10.4. The van der Waals surface area contributed by atoms with Crippen LogP contribution in [0.5, 0.6) is 0 Å². The predicted molar refractivity (Wildman–Crippen MR) is 67.4 cm³/mol. The molecule has 3 rings (SSSR count). The molecule has 1 aliphatic heterocycles. The Morgan fingerprint density at radius 3 is 2.69 bits per heavy atom. The minimum atomic E-state index is -0.211. The van der Waals surface area contributed by atoms with Gasteiger partial charge in [0.15, 0.2) is 0 Å². The van der Waals surface area contributed by atoms with Gasteiger partial charge in [0.1, 0.15) is 5.82 Å². The summed E-state index contributed by atoms with van der Waals surface area (Å²) in [5, 5.41) is 6.87. The maximum atomic E-state index is 13.4. The van der Waals surface area contributed by atoms with Crippen molar-refractivity contribution in [3.8, 4) is 0 Å².